The van der Waals surface area contributed by atoms with Crippen molar-refractivity contribution >= 4 is 43.6 Å². The fourth-order valence-corrected chi connectivity index (χ4v) is 4.38. The average molecular weight is 466 g/mol. The molecule has 0 saturated heterocycles. The van der Waals surface area contributed by atoms with E-state index in [9.17, 15) is 31.5 Å². The van der Waals surface area contributed by atoms with Gasteiger partial charge in [-0.25, -0.2) is 0 Å². The number of hydrogen-bond acceptors (Lipinski definition) is 4. The maximum Gasteiger partial charge on any atom is 0.420 e. The van der Waals surface area contributed by atoms with Gasteiger partial charge in [0.2, 0.25) is 3.78 Å². The molecule has 0 aliphatic heterocycles. The van der Waals surface area contributed by atoms with Crippen molar-refractivity contribution in [1.29, 1.82) is 0 Å². The van der Waals surface area contributed by atoms with Gasteiger partial charge in [-0.15, -0.1) is 0 Å². The van der Waals surface area contributed by atoms with E-state index >= 15 is 0 Å². The van der Waals surface area contributed by atoms with E-state index in [0.717, 1.165) is 17.7 Å². The van der Waals surface area contributed by atoms with Gasteiger partial charge in [0.25, 0.3) is 10.1 Å². The number of rotatable bonds is 6. The monoisotopic (exact) mass is 464 g/mol. The van der Waals surface area contributed by atoms with Gasteiger partial charge in [-0.3, -0.25) is 8.98 Å². The minimum Gasteiger partial charge on any atom is -0.481 e. The minimum atomic E-state index is -5.16. The predicted octanol–water partition coefficient (Wildman–Crippen LogP) is 3.83. The Morgan fingerprint density at radius 3 is 2.16 bits per heavy atom. The largest absolute Gasteiger partial charge is 0.481 e. The smallest absolute Gasteiger partial charge is 0.420 e. The molecule has 1 aliphatic carbocycles. The van der Waals surface area contributed by atoms with E-state index in [1.165, 1.54) is 12.1 Å². The van der Waals surface area contributed by atoms with Crippen molar-refractivity contribution < 1.29 is 35.7 Å². The van der Waals surface area contributed by atoms with Crippen LogP contribution in [0.25, 0.3) is 0 Å². The maximum atomic E-state index is 13.3. The third kappa shape index (κ3) is 3.81. The van der Waals surface area contributed by atoms with Crippen LogP contribution in [0.5, 0.6) is 0 Å². The first-order valence-corrected chi connectivity index (χ1v) is 9.50. The van der Waals surface area contributed by atoms with Gasteiger partial charge in [-0.2, -0.15) is 21.6 Å². The van der Waals surface area contributed by atoms with E-state index in [2.05, 4.69) is 15.9 Å². The molecule has 2 rings (SSSR count). The zero-order valence-corrected chi connectivity index (χ0v) is 15.8. The second kappa shape index (κ2) is 6.40. The van der Waals surface area contributed by atoms with Gasteiger partial charge in [-0.05, 0) is 31.9 Å². The highest BCUT2D eigenvalue weighted by molar-refractivity contribution is 9.10. The van der Waals surface area contributed by atoms with Crippen molar-refractivity contribution in [3.05, 3.63) is 29.8 Å². The number of aliphatic carboxylic acids is 1. The van der Waals surface area contributed by atoms with Crippen LogP contribution in [-0.2, 0) is 19.1 Å². The first-order valence-electron chi connectivity index (χ1n) is 6.92. The summed E-state index contributed by atoms with van der Waals surface area (Å²) in [6.07, 6.45) is -7.92. The fourth-order valence-electron chi connectivity index (χ4n) is 2.26. The molecule has 1 saturated carbocycles. The van der Waals surface area contributed by atoms with Crippen LogP contribution < -0.4 is 0 Å². The van der Waals surface area contributed by atoms with Crippen molar-refractivity contribution in [2.75, 3.05) is 0 Å². The number of hydrogen-bond donors (Lipinski definition) is 1. The van der Waals surface area contributed by atoms with Crippen molar-refractivity contribution in [3.63, 3.8) is 0 Å². The lowest BCUT2D eigenvalue weighted by Gasteiger charge is -2.35. The minimum absolute atomic E-state index is 0.188. The molecule has 1 aromatic carbocycles. The standard InChI is InChI=1S/C14H13BrClF3O5S/c1-8-2-4-9(5-3-8)25(22,23)24-10(12(6-7-12)11(20)21)13(15,16)14(17,18)19/h2-5,10H,6-7H2,1H3,(H,20,21). The van der Waals surface area contributed by atoms with Gasteiger partial charge in [0.1, 0.15) is 6.10 Å². The summed E-state index contributed by atoms with van der Waals surface area (Å²) < 4.78 is 65.9. The van der Waals surface area contributed by atoms with E-state index < -0.39 is 42.5 Å². The second-order valence-corrected chi connectivity index (χ2v) is 9.70. The Bertz CT molecular complexity index is 773. The highest BCUT2D eigenvalue weighted by Gasteiger charge is 2.71. The predicted molar refractivity (Wildman–Crippen MR) is 86.1 cm³/mol. The summed E-state index contributed by atoms with van der Waals surface area (Å²) in [5.74, 6) is -1.61. The summed E-state index contributed by atoms with van der Waals surface area (Å²) >= 11 is 7.74. The molecule has 5 nitrogen and oxygen atoms in total. The summed E-state index contributed by atoms with van der Waals surface area (Å²) in [6.45, 7) is 1.69. The van der Waals surface area contributed by atoms with Crippen LogP contribution in [0.2, 0.25) is 0 Å². The van der Waals surface area contributed by atoms with Crippen LogP contribution in [0, 0.1) is 12.3 Å². The molecule has 0 bridgehead atoms. The van der Waals surface area contributed by atoms with Gasteiger partial charge < -0.3 is 5.11 Å². The number of benzene rings is 1. The van der Waals surface area contributed by atoms with Crippen LogP contribution in [0.1, 0.15) is 18.4 Å². The topological polar surface area (TPSA) is 80.7 Å². The summed E-state index contributed by atoms with van der Waals surface area (Å²) in [5, 5.41) is 9.29. The normalized spacial score (nSPS) is 20.6. The van der Waals surface area contributed by atoms with E-state index in [4.69, 9.17) is 15.8 Å². The number of carboxylic acids is 1. The second-order valence-electron chi connectivity index (χ2n) is 5.83. The summed E-state index contributed by atoms with van der Waals surface area (Å²) in [5.41, 5.74) is -1.32. The fraction of sp³-hybridized carbons (Fsp3) is 0.500. The van der Waals surface area contributed by atoms with Crippen LogP contribution in [0.4, 0.5) is 13.2 Å². The molecule has 0 heterocycles. The Morgan fingerprint density at radius 1 is 1.32 bits per heavy atom. The Balaban J connectivity index is 2.47. The van der Waals surface area contributed by atoms with E-state index in [0.29, 0.717) is 0 Å². The molecule has 11 heteroatoms. The molecule has 0 radical (unpaired) electrons. The number of aryl methyl sites for hydroxylation is 1. The Hall–Kier alpha value is -0.840. The third-order valence-electron chi connectivity index (χ3n) is 3.96. The maximum absolute atomic E-state index is 13.3. The quantitative estimate of drug-likeness (QED) is 0.510. The van der Waals surface area contributed by atoms with E-state index in [-0.39, 0.29) is 12.8 Å². The lowest BCUT2D eigenvalue weighted by molar-refractivity contribution is -0.169. The highest BCUT2D eigenvalue weighted by atomic mass is 79.9. The highest BCUT2D eigenvalue weighted by Crippen LogP contribution is 2.60. The van der Waals surface area contributed by atoms with Gasteiger partial charge >= 0.3 is 12.1 Å². The number of halogens is 5. The molecular formula is C14H13BrClF3O5S. The van der Waals surface area contributed by atoms with Crippen LogP contribution >= 0.6 is 27.5 Å². The molecule has 2 atom stereocenters. The summed E-state index contributed by atoms with van der Waals surface area (Å²) in [4.78, 5) is 11.0. The van der Waals surface area contributed by atoms with Crippen molar-refractivity contribution in [2.24, 2.45) is 5.41 Å². The molecule has 2 unspecified atom stereocenters. The average Bonchev–Trinajstić information content (AvgIpc) is 3.25. The Kier molecular flexibility index (Phi) is 5.24. The molecule has 0 amide bonds. The van der Waals surface area contributed by atoms with Crippen molar-refractivity contribution in [1.82, 2.24) is 0 Å². The zero-order chi connectivity index (χ0) is 19.3. The lowest BCUT2D eigenvalue weighted by Crippen LogP contribution is -2.53. The van der Waals surface area contributed by atoms with Gasteiger partial charge in [0.05, 0.1) is 10.3 Å². The van der Waals surface area contributed by atoms with Crippen LogP contribution in [-0.4, -0.2) is 35.6 Å². The van der Waals surface area contributed by atoms with E-state index in [1.54, 1.807) is 6.92 Å². The molecule has 25 heavy (non-hydrogen) atoms. The summed E-state index contributed by atoms with van der Waals surface area (Å²) in [7, 11) is -4.67. The van der Waals surface area contributed by atoms with Gasteiger partial charge in [-0.1, -0.05) is 45.2 Å². The van der Waals surface area contributed by atoms with Gasteiger partial charge in [0, 0.05) is 0 Å². The van der Waals surface area contributed by atoms with Crippen molar-refractivity contribution in [3.8, 4) is 0 Å². The molecule has 0 spiro atoms. The molecule has 1 fully saturated rings. The van der Waals surface area contributed by atoms with Crippen LogP contribution in [0.3, 0.4) is 0 Å². The first-order chi connectivity index (χ1) is 11.2. The van der Waals surface area contributed by atoms with Crippen LogP contribution in [0.15, 0.2) is 29.2 Å². The molecule has 1 N–H and O–H groups in total. The number of carboxylic acid groups (broad SMARTS) is 1. The van der Waals surface area contributed by atoms with Crippen molar-refractivity contribution in [2.45, 2.75) is 40.7 Å². The summed E-state index contributed by atoms with van der Waals surface area (Å²) in [6, 6.07) is 5.17. The SMILES string of the molecule is Cc1ccc(S(=O)(=O)OC(C2(C(=O)O)CC2)C(Cl)(Br)C(F)(F)F)cc1. The molecule has 1 aromatic rings. The third-order valence-corrected chi connectivity index (χ3v) is 6.53. The Labute approximate surface area is 155 Å². The molecule has 1 aliphatic rings. The molecule has 0 aromatic heterocycles. The van der Waals surface area contributed by atoms with E-state index in [1.807, 2.05) is 0 Å². The molecular weight excluding hydrogens is 453 g/mol. The molecule has 140 valence electrons. The zero-order valence-electron chi connectivity index (χ0n) is 12.7. The first kappa shape index (κ1) is 20.5. The van der Waals surface area contributed by atoms with Gasteiger partial charge in [0.15, 0.2) is 0 Å². The lowest BCUT2D eigenvalue weighted by atomic mass is 9.96. The number of carbonyl (C=O) groups is 1. The number of alkyl halides is 5. The Morgan fingerprint density at radius 2 is 1.80 bits per heavy atom.